The highest BCUT2D eigenvalue weighted by Crippen LogP contribution is 2.14. The Morgan fingerprint density at radius 1 is 1.46 bits per heavy atom. The quantitative estimate of drug-likeness (QED) is 0.716. The van der Waals surface area contributed by atoms with E-state index in [9.17, 15) is 4.79 Å². The van der Waals surface area contributed by atoms with Gasteiger partial charge in [-0.2, -0.15) is 0 Å². The standard InChI is InChI=1S/C10H13NOS/c1-3-11(2)10(12)8-6-4-5-7-9(8)13/h4-7,13H,3H2,1-2H3. The lowest BCUT2D eigenvalue weighted by Gasteiger charge is -2.15. The van der Waals surface area contributed by atoms with E-state index >= 15 is 0 Å². The van der Waals surface area contributed by atoms with Crippen molar-refractivity contribution in [3.8, 4) is 0 Å². The van der Waals surface area contributed by atoms with E-state index in [4.69, 9.17) is 0 Å². The molecule has 1 aromatic carbocycles. The van der Waals surface area contributed by atoms with Crippen LogP contribution in [0.1, 0.15) is 17.3 Å². The van der Waals surface area contributed by atoms with Gasteiger partial charge in [-0.3, -0.25) is 4.79 Å². The maximum atomic E-state index is 11.7. The Kier molecular flexibility index (Phi) is 3.37. The SMILES string of the molecule is CCN(C)C(=O)c1ccccc1S. The normalized spacial score (nSPS) is 9.77. The molecule has 0 saturated carbocycles. The molecule has 0 N–H and O–H groups in total. The summed E-state index contributed by atoms with van der Waals surface area (Å²) < 4.78 is 0. The third-order valence-electron chi connectivity index (χ3n) is 1.96. The number of amides is 1. The van der Waals surface area contributed by atoms with Crippen molar-refractivity contribution in [3.05, 3.63) is 29.8 Å². The molecular weight excluding hydrogens is 182 g/mol. The van der Waals surface area contributed by atoms with Crippen molar-refractivity contribution < 1.29 is 4.79 Å². The second-order valence-corrected chi connectivity index (χ2v) is 3.32. The molecule has 0 aliphatic carbocycles. The van der Waals surface area contributed by atoms with E-state index in [1.54, 1.807) is 18.0 Å². The summed E-state index contributed by atoms with van der Waals surface area (Å²) in [5.41, 5.74) is 0.662. The van der Waals surface area contributed by atoms with Crippen LogP contribution in [0.3, 0.4) is 0 Å². The summed E-state index contributed by atoms with van der Waals surface area (Å²) in [7, 11) is 1.78. The van der Waals surface area contributed by atoms with Gasteiger partial charge in [0.05, 0.1) is 5.56 Å². The number of hydrogen-bond acceptors (Lipinski definition) is 2. The Hall–Kier alpha value is -0.960. The van der Waals surface area contributed by atoms with Crippen molar-refractivity contribution in [2.45, 2.75) is 11.8 Å². The summed E-state index contributed by atoms with van der Waals surface area (Å²) in [5, 5.41) is 0. The van der Waals surface area contributed by atoms with Crippen molar-refractivity contribution in [2.75, 3.05) is 13.6 Å². The average Bonchev–Trinajstić information content (AvgIpc) is 2.16. The second-order valence-electron chi connectivity index (χ2n) is 2.84. The molecule has 70 valence electrons. The molecule has 1 amide bonds. The first-order chi connectivity index (χ1) is 6.16. The van der Waals surface area contributed by atoms with Gasteiger partial charge in [-0.25, -0.2) is 0 Å². The van der Waals surface area contributed by atoms with E-state index in [1.165, 1.54) is 0 Å². The van der Waals surface area contributed by atoms with Crippen LogP contribution in [0.4, 0.5) is 0 Å². The van der Waals surface area contributed by atoms with Crippen LogP contribution >= 0.6 is 12.6 Å². The van der Waals surface area contributed by atoms with Crippen LogP contribution < -0.4 is 0 Å². The first kappa shape index (κ1) is 10.1. The zero-order chi connectivity index (χ0) is 9.84. The summed E-state index contributed by atoms with van der Waals surface area (Å²) in [4.78, 5) is 14.1. The van der Waals surface area contributed by atoms with E-state index in [0.29, 0.717) is 12.1 Å². The lowest BCUT2D eigenvalue weighted by atomic mass is 10.2. The van der Waals surface area contributed by atoms with Gasteiger partial charge in [-0.05, 0) is 19.1 Å². The number of benzene rings is 1. The van der Waals surface area contributed by atoms with E-state index in [1.807, 2.05) is 25.1 Å². The van der Waals surface area contributed by atoms with Crippen LogP contribution in [0.2, 0.25) is 0 Å². The van der Waals surface area contributed by atoms with Gasteiger partial charge >= 0.3 is 0 Å². The lowest BCUT2D eigenvalue weighted by Crippen LogP contribution is -2.26. The molecule has 0 saturated heterocycles. The minimum atomic E-state index is 0.0214. The molecule has 0 spiro atoms. The van der Waals surface area contributed by atoms with Gasteiger partial charge in [-0.15, -0.1) is 12.6 Å². The molecule has 0 radical (unpaired) electrons. The van der Waals surface area contributed by atoms with Gasteiger partial charge in [0, 0.05) is 18.5 Å². The predicted molar refractivity (Wildman–Crippen MR) is 56.3 cm³/mol. The van der Waals surface area contributed by atoms with Gasteiger partial charge in [0.15, 0.2) is 0 Å². The number of rotatable bonds is 2. The summed E-state index contributed by atoms with van der Waals surface area (Å²) >= 11 is 4.22. The molecule has 1 rings (SSSR count). The molecule has 3 heteroatoms. The average molecular weight is 195 g/mol. The van der Waals surface area contributed by atoms with Gasteiger partial charge < -0.3 is 4.90 Å². The molecule has 1 aromatic rings. The molecule has 0 aliphatic rings. The summed E-state index contributed by atoms with van der Waals surface area (Å²) in [6.45, 7) is 2.65. The van der Waals surface area contributed by atoms with Gasteiger partial charge in [-0.1, -0.05) is 12.1 Å². The smallest absolute Gasteiger partial charge is 0.254 e. The van der Waals surface area contributed by atoms with Crippen molar-refractivity contribution in [3.63, 3.8) is 0 Å². The van der Waals surface area contributed by atoms with Crippen LogP contribution in [0.25, 0.3) is 0 Å². The third kappa shape index (κ3) is 2.25. The largest absolute Gasteiger partial charge is 0.342 e. The predicted octanol–water partition coefficient (Wildman–Crippen LogP) is 2.07. The fourth-order valence-electron chi connectivity index (χ4n) is 1.00. The topological polar surface area (TPSA) is 20.3 Å². The Bertz CT molecular complexity index is 312. The second kappa shape index (κ2) is 4.33. The Labute approximate surface area is 84.0 Å². The van der Waals surface area contributed by atoms with E-state index in [0.717, 1.165) is 4.90 Å². The zero-order valence-electron chi connectivity index (χ0n) is 7.82. The van der Waals surface area contributed by atoms with Crippen molar-refractivity contribution in [1.29, 1.82) is 0 Å². The van der Waals surface area contributed by atoms with Crippen LogP contribution in [0.15, 0.2) is 29.2 Å². The fourth-order valence-corrected chi connectivity index (χ4v) is 1.26. The van der Waals surface area contributed by atoms with Crippen molar-refractivity contribution in [1.82, 2.24) is 4.90 Å². The maximum absolute atomic E-state index is 11.7. The number of thiol groups is 1. The van der Waals surface area contributed by atoms with Crippen molar-refractivity contribution >= 4 is 18.5 Å². The highest BCUT2D eigenvalue weighted by atomic mass is 32.1. The van der Waals surface area contributed by atoms with Gasteiger partial charge in [0.2, 0.25) is 0 Å². The molecule has 0 heterocycles. The number of nitrogens with zero attached hydrogens (tertiary/aromatic N) is 1. The molecule has 0 fully saturated rings. The van der Waals surface area contributed by atoms with E-state index in [2.05, 4.69) is 12.6 Å². The number of hydrogen-bond donors (Lipinski definition) is 1. The van der Waals surface area contributed by atoms with Crippen LogP contribution in [0, 0.1) is 0 Å². The molecule has 0 aliphatic heterocycles. The Morgan fingerprint density at radius 2 is 2.08 bits per heavy atom. The molecule has 0 aromatic heterocycles. The van der Waals surface area contributed by atoms with Gasteiger partial charge in [0.1, 0.15) is 0 Å². The Morgan fingerprint density at radius 3 is 2.62 bits per heavy atom. The molecular formula is C10H13NOS. The zero-order valence-corrected chi connectivity index (χ0v) is 8.71. The molecule has 0 bridgehead atoms. The summed E-state index contributed by atoms with van der Waals surface area (Å²) in [5.74, 6) is 0.0214. The van der Waals surface area contributed by atoms with Crippen LogP contribution in [0.5, 0.6) is 0 Å². The highest BCUT2D eigenvalue weighted by Gasteiger charge is 2.11. The number of carbonyl (C=O) groups excluding carboxylic acids is 1. The van der Waals surface area contributed by atoms with E-state index in [-0.39, 0.29) is 5.91 Å². The summed E-state index contributed by atoms with van der Waals surface area (Å²) in [6, 6.07) is 7.32. The lowest BCUT2D eigenvalue weighted by molar-refractivity contribution is 0.0799. The monoisotopic (exact) mass is 195 g/mol. The summed E-state index contributed by atoms with van der Waals surface area (Å²) in [6.07, 6.45) is 0. The third-order valence-corrected chi connectivity index (χ3v) is 2.35. The van der Waals surface area contributed by atoms with E-state index < -0.39 is 0 Å². The first-order valence-electron chi connectivity index (χ1n) is 4.20. The van der Waals surface area contributed by atoms with Gasteiger partial charge in [0.25, 0.3) is 5.91 Å². The maximum Gasteiger partial charge on any atom is 0.254 e. The Balaban J connectivity index is 2.95. The molecule has 13 heavy (non-hydrogen) atoms. The number of carbonyl (C=O) groups is 1. The minimum Gasteiger partial charge on any atom is -0.342 e. The highest BCUT2D eigenvalue weighted by molar-refractivity contribution is 7.80. The minimum absolute atomic E-state index is 0.0214. The molecule has 0 unspecified atom stereocenters. The molecule has 0 atom stereocenters. The fraction of sp³-hybridized carbons (Fsp3) is 0.300. The first-order valence-corrected chi connectivity index (χ1v) is 4.65. The van der Waals surface area contributed by atoms with Crippen LogP contribution in [-0.2, 0) is 0 Å². The van der Waals surface area contributed by atoms with Crippen LogP contribution in [-0.4, -0.2) is 24.4 Å². The molecule has 2 nitrogen and oxygen atoms in total. The van der Waals surface area contributed by atoms with Crippen molar-refractivity contribution in [2.24, 2.45) is 0 Å².